The summed E-state index contributed by atoms with van der Waals surface area (Å²) in [6.45, 7) is 0.514. The van der Waals surface area contributed by atoms with Crippen LogP contribution in [0, 0.1) is 0 Å². The van der Waals surface area contributed by atoms with Crippen molar-refractivity contribution in [3.8, 4) is 0 Å². The maximum atomic E-state index is 13.3. The molecule has 1 aliphatic rings. The molecule has 0 spiro atoms. The molecule has 1 heterocycles. The fraction of sp³-hybridized carbons (Fsp3) is 0.667. The molecule has 0 aromatic carbocycles. The molecule has 9 N–H and O–H groups in total. The minimum absolute atomic E-state index is 0.280. The predicted octanol–water partition coefficient (Wildman–Crippen LogP) is -4.44. The molecule has 1 saturated heterocycles. The van der Waals surface area contributed by atoms with Gasteiger partial charge in [-0.15, -0.1) is 0 Å². The normalized spacial score (nSPS) is 15.4. The van der Waals surface area contributed by atoms with Gasteiger partial charge in [0.15, 0.2) is 0 Å². The highest BCUT2D eigenvalue weighted by molar-refractivity contribution is 5.95. The molecule has 0 aromatic rings. The fourth-order valence-electron chi connectivity index (χ4n) is 3.48. The van der Waals surface area contributed by atoms with Crippen molar-refractivity contribution in [3.63, 3.8) is 0 Å². The van der Waals surface area contributed by atoms with Crippen LogP contribution in [0.4, 0.5) is 0 Å². The molecular weight excluding hydrogens is 476 g/mol. The van der Waals surface area contributed by atoms with Crippen molar-refractivity contribution in [1.82, 2.24) is 31.5 Å². The highest BCUT2D eigenvalue weighted by atomic mass is 16.2. The van der Waals surface area contributed by atoms with Crippen LogP contribution in [0.15, 0.2) is 0 Å². The second-order valence-electron chi connectivity index (χ2n) is 8.24. The number of carbonyl (C=O) groups excluding carboxylic acids is 7. The molecule has 36 heavy (non-hydrogen) atoms. The summed E-state index contributed by atoms with van der Waals surface area (Å²) in [4.78, 5) is 84.7. The number of amides is 7. The Kier molecular flexibility index (Phi) is 13.5. The smallest absolute Gasteiger partial charge is 0.245 e. The molecule has 15 heteroatoms. The van der Waals surface area contributed by atoms with Crippen LogP contribution in [0.1, 0.15) is 39.0 Å². The van der Waals surface area contributed by atoms with E-state index < -0.39 is 60.0 Å². The summed E-state index contributed by atoms with van der Waals surface area (Å²) in [6.07, 6.45) is 2.38. The SMILES string of the molecule is CC(=O)NCC(=O)NCC(=O)N[C@@H](CCCCN)C(=O)N1CCC[C@H]1C(=O)NCC(=O)NCC(N)=O. The van der Waals surface area contributed by atoms with Crippen molar-refractivity contribution in [1.29, 1.82) is 0 Å². The van der Waals surface area contributed by atoms with Gasteiger partial charge in [0.05, 0.1) is 26.2 Å². The van der Waals surface area contributed by atoms with E-state index in [1.54, 1.807) is 0 Å². The molecule has 7 amide bonds. The van der Waals surface area contributed by atoms with Gasteiger partial charge in [-0.05, 0) is 38.6 Å². The highest BCUT2D eigenvalue weighted by Crippen LogP contribution is 2.20. The van der Waals surface area contributed by atoms with Crippen molar-refractivity contribution < 1.29 is 33.6 Å². The molecule has 1 rings (SSSR count). The first-order valence-electron chi connectivity index (χ1n) is 11.7. The lowest BCUT2D eigenvalue weighted by atomic mass is 10.1. The van der Waals surface area contributed by atoms with Crippen LogP contribution >= 0.6 is 0 Å². The van der Waals surface area contributed by atoms with E-state index in [0.29, 0.717) is 38.8 Å². The first-order valence-corrected chi connectivity index (χ1v) is 11.7. The Labute approximate surface area is 208 Å². The van der Waals surface area contributed by atoms with E-state index >= 15 is 0 Å². The van der Waals surface area contributed by atoms with Crippen LogP contribution in [-0.2, 0) is 33.6 Å². The lowest BCUT2D eigenvalue weighted by Crippen LogP contribution is -2.55. The highest BCUT2D eigenvalue weighted by Gasteiger charge is 2.37. The Balaban J connectivity index is 2.72. The van der Waals surface area contributed by atoms with Crippen LogP contribution in [0.25, 0.3) is 0 Å². The van der Waals surface area contributed by atoms with Crippen molar-refractivity contribution in [3.05, 3.63) is 0 Å². The average molecular weight is 513 g/mol. The van der Waals surface area contributed by atoms with Gasteiger partial charge < -0.3 is 43.0 Å². The summed E-state index contributed by atoms with van der Waals surface area (Å²) in [5.74, 6) is -3.89. The van der Waals surface area contributed by atoms with Crippen LogP contribution < -0.4 is 38.1 Å². The van der Waals surface area contributed by atoms with Crippen LogP contribution in [0.2, 0.25) is 0 Å². The number of carbonyl (C=O) groups is 7. The second-order valence-corrected chi connectivity index (χ2v) is 8.24. The Morgan fingerprint density at radius 3 is 2.08 bits per heavy atom. The predicted molar refractivity (Wildman–Crippen MR) is 126 cm³/mol. The number of nitrogens with two attached hydrogens (primary N) is 2. The third-order valence-electron chi connectivity index (χ3n) is 5.25. The molecule has 0 aliphatic carbocycles. The minimum atomic E-state index is -0.941. The summed E-state index contributed by atoms with van der Waals surface area (Å²) in [5, 5.41) is 11.9. The summed E-state index contributed by atoms with van der Waals surface area (Å²) in [5.41, 5.74) is 10.5. The number of rotatable bonds is 15. The van der Waals surface area contributed by atoms with Crippen molar-refractivity contribution in [2.45, 2.75) is 51.1 Å². The van der Waals surface area contributed by atoms with Crippen molar-refractivity contribution in [2.75, 3.05) is 39.3 Å². The van der Waals surface area contributed by atoms with Crippen LogP contribution in [-0.4, -0.2) is 97.6 Å². The fourth-order valence-corrected chi connectivity index (χ4v) is 3.48. The van der Waals surface area contributed by atoms with Crippen LogP contribution in [0.3, 0.4) is 0 Å². The minimum Gasteiger partial charge on any atom is -0.368 e. The van der Waals surface area contributed by atoms with E-state index in [0.717, 1.165) is 0 Å². The van der Waals surface area contributed by atoms with Crippen molar-refractivity contribution >= 4 is 41.4 Å². The summed E-state index contributed by atoms with van der Waals surface area (Å²) >= 11 is 0. The molecule has 202 valence electrons. The zero-order valence-corrected chi connectivity index (χ0v) is 20.4. The number of primary amides is 1. The zero-order chi connectivity index (χ0) is 27.1. The molecule has 0 bridgehead atoms. The Hall–Kier alpha value is -3.75. The largest absolute Gasteiger partial charge is 0.368 e. The maximum Gasteiger partial charge on any atom is 0.245 e. The Morgan fingerprint density at radius 2 is 1.47 bits per heavy atom. The third kappa shape index (κ3) is 11.6. The molecule has 1 aliphatic heterocycles. The molecular formula is C21H36N8O7. The molecule has 0 aromatic heterocycles. The van der Waals surface area contributed by atoms with Gasteiger partial charge in [-0.2, -0.15) is 0 Å². The summed E-state index contributed by atoms with van der Waals surface area (Å²) < 4.78 is 0. The first-order chi connectivity index (χ1) is 17.0. The Morgan fingerprint density at radius 1 is 0.861 bits per heavy atom. The quantitative estimate of drug-likeness (QED) is 0.105. The van der Waals surface area contributed by atoms with E-state index in [4.69, 9.17) is 11.5 Å². The monoisotopic (exact) mass is 512 g/mol. The second kappa shape index (κ2) is 16.0. The van der Waals surface area contributed by atoms with Gasteiger partial charge >= 0.3 is 0 Å². The van der Waals surface area contributed by atoms with Gasteiger partial charge in [0, 0.05) is 13.5 Å². The van der Waals surface area contributed by atoms with Gasteiger partial charge in [-0.1, -0.05) is 0 Å². The molecule has 2 atom stereocenters. The van der Waals surface area contributed by atoms with Gasteiger partial charge in [0.2, 0.25) is 41.4 Å². The summed E-state index contributed by atoms with van der Waals surface area (Å²) in [7, 11) is 0. The van der Waals surface area contributed by atoms with E-state index in [9.17, 15) is 33.6 Å². The first kappa shape index (κ1) is 30.3. The van der Waals surface area contributed by atoms with E-state index in [1.165, 1.54) is 11.8 Å². The summed E-state index contributed by atoms with van der Waals surface area (Å²) in [6, 6.07) is -1.77. The molecule has 0 radical (unpaired) electrons. The lowest BCUT2D eigenvalue weighted by molar-refractivity contribution is -0.141. The van der Waals surface area contributed by atoms with E-state index in [1.807, 2.05) is 0 Å². The van der Waals surface area contributed by atoms with Gasteiger partial charge in [-0.3, -0.25) is 33.6 Å². The number of hydrogen-bond donors (Lipinski definition) is 7. The van der Waals surface area contributed by atoms with Crippen molar-refractivity contribution in [2.24, 2.45) is 11.5 Å². The van der Waals surface area contributed by atoms with Gasteiger partial charge in [0.1, 0.15) is 12.1 Å². The van der Waals surface area contributed by atoms with E-state index in [-0.39, 0.29) is 26.1 Å². The number of unbranched alkanes of at least 4 members (excludes halogenated alkanes) is 1. The number of nitrogens with one attached hydrogen (secondary N) is 5. The van der Waals surface area contributed by atoms with Crippen LogP contribution in [0.5, 0.6) is 0 Å². The third-order valence-corrected chi connectivity index (χ3v) is 5.25. The van der Waals surface area contributed by atoms with E-state index in [2.05, 4.69) is 26.6 Å². The Bertz CT molecular complexity index is 835. The van der Waals surface area contributed by atoms with Gasteiger partial charge in [-0.25, -0.2) is 0 Å². The number of hydrogen-bond acceptors (Lipinski definition) is 8. The maximum absolute atomic E-state index is 13.3. The van der Waals surface area contributed by atoms with Gasteiger partial charge in [0.25, 0.3) is 0 Å². The molecule has 0 saturated carbocycles. The topological polar surface area (TPSA) is 235 Å². The number of nitrogens with zero attached hydrogens (tertiary/aromatic N) is 1. The molecule has 15 nitrogen and oxygen atoms in total. The average Bonchev–Trinajstić information content (AvgIpc) is 3.32. The number of likely N-dealkylation sites (tertiary alicyclic amines) is 1. The molecule has 1 fully saturated rings. The molecule has 0 unspecified atom stereocenters. The zero-order valence-electron chi connectivity index (χ0n) is 20.4. The lowest BCUT2D eigenvalue weighted by Gasteiger charge is -2.29. The standard InChI is InChI=1S/C21H36N8O7/c1-13(30)24-10-17(32)26-12-19(34)28-14(5-2-3-7-22)21(36)29-8-4-6-15(29)20(35)27-11-18(33)25-9-16(23)31/h14-15H,2-12,22H2,1H3,(H2,23,31)(H,24,30)(H,25,33)(H,26,32)(H,27,35)(H,28,34)/t14-,15-/m0/s1.